The largest absolute Gasteiger partial charge is 0.247 e. The van der Waals surface area contributed by atoms with Gasteiger partial charge in [0.15, 0.2) is 17.5 Å². The van der Waals surface area contributed by atoms with Gasteiger partial charge in [-0.2, -0.15) is 0 Å². The average molecular weight is 598 g/mol. The van der Waals surface area contributed by atoms with Gasteiger partial charge >= 0.3 is 0 Å². The van der Waals surface area contributed by atoms with Crippen LogP contribution < -0.4 is 0 Å². The minimum atomic E-state index is 0.499. The minimum Gasteiger partial charge on any atom is -0.247 e. The molecular weight excluding hydrogens is 570 g/mol. The van der Waals surface area contributed by atoms with Crippen LogP contribution in [-0.4, -0.2) is 74.9 Å². The molecule has 0 amide bonds. The molecule has 6 aromatic heterocycles. The third kappa shape index (κ3) is 5.65. The Balaban J connectivity index is 1.26. The van der Waals surface area contributed by atoms with Gasteiger partial charge < -0.3 is 0 Å². The Bertz CT molecular complexity index is 1810. The highest BCUT2D eigenvalue weighted by molar-refractivity contribution is 5.52. The molecule has 15 heteroatoms. The molecule has 0 spiro atoms. The van der Waals surface area contributed by atoms with Crippen LogP contribution in [0.1, 0.15) is 33.4 Å². The zero-order valence-corrected chi connectivity index (χ0v) is 24.8. The van der Waals surface area contributed by atoms with E-state index in [1.54, 1.807) is 55.4 Å². The summed E-state index contributed by atoms with van der Waals surface area (Å²) in [7, 11) is 0. The molecule has 0 aliphatic rings. The van der Waals surface area contributed by atoms with Crippen LogP contribution in [0.3, 0.4) is 0 Å². The molecule has 45 heavy (non-hydrogen) atoms. The molecule has 0 N–H and O–H groups in total. The molecule has 7 aromatic rings. The lowest BCUT2D eigenvalue weighted by atomic mass is 9.88. The van der Waals surface area contributed by atoms with Crippen molar-refractivity contribution in [3.63, 3.8) is 0 Å². The second-order valence-electron chi connectivity index (χ2n) is 10.4. The minimum absolute atomic E-state index is 0.499. The van der Waals surface area contributed by atoms with E-state index in [9.17, 15) is 0 Å². The van der Waals surface area contributed by atoms with Crippen molar-refractivity contribution in [1.82, 2.24) is 74.9 Å². The van der Waals surface area contributed by atoms with E-state index in [2.05, 4.69) is 81.6 Å². The first-order chi connectivity index (χ1) is 22.0. The lowest BCUT2D eigenvalue weighted by molar-refractivity contribution is 0.618. The van der Waals surface area contributed by atoms with Crippen molar-refractivity contribution in [2.75, 3.05) is 0 Å². The van der Waals surface area contributed by atoms with Gasteiger partial charge in [-0.15, -0.1) is 15.3 Å². The summed E-state index contributed by atoms with van der Waals surface area (Å²) in [6.45, 7) is 7.89. The Labute approximate surface area is 257 Å². The first kappa shape index (κ1) is 27.7. The van der Waals surface area contributed by atoms with Crippen LogP contribution in [0.25, 0.3) is 34.6 Å². The Hall–Kier alpha value is -6.12. The van der Waals surface area contributed by atoms with E-state index in [1.807, 2.05) is 32.6 Å². The topological polar surface area (TPSA) is 169 Å². The van der Waals surface area contributed by atoms with E-state index in [1.165, 1.54) is 0 Å². The van der Waals surface area contributed by atoms with Crippen LogP contribution in [0.4, 0.5) is 0 Å². The smallest absolute Gasteiger partial charge is 0.181 e. The molecule has 0 unspecified atom stereocenters. The number of hydrogen-bond donors (Lipinski definition) is 0. The molecule has 0 saturated heterocycles. The van der Waals surface area contributed by atoms with E-state index < -0.39 is 0 Å². The molecule has 1 aromatic carbocycles. The van der Waals surface area contributed by atoms with Gasteiger partial charge in [0.1, 0.15) is 17.1 Å². The summed E-state index contributed by atoms with van der Waals surface area (Å²) in [6, 6.07) is 5.31. The molecule has 222 valence electrons. The van der Waals surface area contributed by atoms with Crippen LogP contribution in [-0.2, 0) is 19.6 Å². The number of nitrogens with zero attached hydrogens (tertiary/aromatic N) is 15. The molecule has 0 atom stereocenters. The molecule has 0 aliphatic heterocycles. The molecule has 15 nitrogen and oxygen atoms in total. The summed E-state index contributed by atoms with van der Waals surface area (Å²) in [6.07, 6.45) is 15.7. The highest BCUT2D eigenvalue weighted by atomic mass is 15.4. The van der Waals surface area contributed by atoms with E-state index in [4.69, 9.17) is 0 Å². The maximum absolute atomic E-state index is 4.40. The second kappa shape index (κ2) is 11.9. The van der Waals surface area contributed by atoms with Gasteiger partial charge in [0.25, 0.3) is 0 Å². The molecular formula is C30H27N15. The maximum atomic E-state index is 4.40. The fourth-order valence-corrected chi connectivity index (χ4v) is 5.32. The molecule has 6 heterocycles. The van der Waals surface area contributed by atoms with Crippen molar-refractivity contribution in [1.29, 1.82) is 0 Å². The zero-order valence-electron chi connectivity index (χ0n) is 24.8. The van der Waals surface area contributed by atoms with Crippen LogP contribution in [0.5, 0.6) is 0 Å². The van der Waals surface area contributed by atoms with E-state index >= 15 is 0 Å². The Morgan fingerprint density at radius 1 is 0.422 bits per heavy atom. The molecule has 0 bridgehead atoms. The van der Waals surface area contributed by atoms with Gasteiger partial charge in [0.2, 0.25) is 0 Å². The average Bonchev–Trinajstić information content (AvgIpc) is 3.87. The first-order valence-corrected chi connectivity index (χ1v) is 14.2. The van der Waals surface area contributed by atoms with E-state index in [-0.39, 0.29) is 0 Å². The molecule has 7 rings (SSSR count). The Kier molecular flexibility index (Phi) is 7.31. The molecule has 0 aliphatic carbocycles. The van der Waals surface area contributed by atoms with Crippen molar-refractivity contribution in [3.05, 3.63) is 107 Å². The number of aromatic nitrogens is 15. The van der Waals surface area contributed by atoms with Crippen LogP contribution in [0.15, 0.2) is 74.0 Å². The van der Waals surface area contributed by atoms with Crippen molar-refractivity contribution in [2.24, 2.45) is 0 Å². The maximum Gasteiger partial charge on any atom is 0.181 e. The van der Waals surface area contributed by atoms with Gasteiger partial charge in [0.05, 0.1) is 38.2 Å². The third-order valence-electron chi connectivity index (χ3n) is 7.68. The molecule has 0 radical (unpaired) electrons. The Morgan fingerprint density at radius 3 is 0.956 bits per heavy atom. The second-order valence-corrected chi connectivity index (χ2v) is 10.4. The number of hydrogen-bond acceptors (Lipinski definition) is 12. The van der Waals surface area contributed by atoms with Crippen molar-refractivity contribution in [2.45, 2.75) is 40.4 Å². The van der Waals surface area contributed by atoms with Gasteiger partial charge in [-0.05, 0) is 72.4 Å². The first-order valence-electron chi connectivity index (χ1n) is 14.2. The predicted octanol–water partition coefficient (Wildman–Crippen LogP) is 2.90. The van der Waals surface area contributed by atoms with Gasteiger partial charge in [-0.1, -0.05) is 15.6 Å². The van der Waals surface area contributed by atoms with E-state index in [0.717, 1.165) is 33.4 Å². The van der Waals surface area contributed by atoms with Crippen LogP contribution >= 0.6 is 0 Å². The Morgan fingerprint density at radius 2 is 0.689 bits per heavy atom. The SMILES string of the molecule is Cc1c(Cn2cc(-c3ncccn3)nn2)c(C)c(Cn2cc(-c3ncccn3)nn2)c(C)c1Cn1cc(-c2ncccn2)nn1. The lowest BCUT2D eigenvalue weighted by Gasteiger charge is -2.22. The normalized spacial score (nSPS) is 11.3. The quantitative estimate of drug-likeness (QED) is 0.239. The number of rotatable bonds is 9. The monoisotopic (exact) mass is 597 g/mol. The van der Waals surface area contributed by atoms with Gasteiger partial charge in [0, 0.05) is 37.2 Å². The lowest BCUT2D eigenvalue weighted by Crippen LogP contribution is -2.15. The highest BCUT2D eigenvalue weighted by Crippen LogP contribution is 2.30. The molecule has 0 fully saturated rings. The van der Waals surface area contributed by atoms with Crippen LogP contribution in [0, 0.1) is 20.8 Å². The predicted molar refractivity (Wildman–Crippen MR) is 161 cm³/mol. The van der Waals surface area contributed by atoms with Crippen LogP contribution in [0.2, 0.25) is 0 Å². The van der Waals surface area contributed by atoms with Crippen molar-refractivity contribution >= 4 is 0 Å². The molecule has 0 saturated carbocycles. The van der Waals surface area contributed by atoms with Gasteiger partial charge in [-0.3, -0.25) is 0 Å². The third-order valence-corrected chi connectivity index (χ3v) is 7.68. The standard InChI is InChI=1S/C30H27N15/c1-19-22(13-43-16-25(37-40-43)28-31-7-4-8-32-28)20(2)24(15-45-18-27(39-42-45)30-35-11-6-12-36-30)21(3)23(19)14-44-17-26(38-41-44)29-33-9-5-10-34-29/h4-12,16-18H,13-15H2,1-3H3. The summed E-state index contributed by atoms with van der Waals surface area (Å²) in [4.78, 5) is 25.9. The fourth-order valence-electron chi connectivity index (χ4n) is 5.32. The summed E-state index contributed by atoms with van der Waals surface area (Å²) in [5, 5.41) is 26.2. The van der Waals surface area contributed by atoms with Crippen molar-refractivity contribution < 1.29 is 0 Å². The van der Waals surface area contributed by atoms with E-state index in [0.29, 0.717) is 54.2 Å². The van der Waals surface area contributed by atoms with Crippen molar-refractivity contribution in [3.8, 4) is 34.6 Å². The van der Waals surface area contributed by atoms with Gasteiger partial charge in [-0.25, -0.2) is 43.9 Å². The highest BCUT2D eigenvalue weighted by Gasteiger charge is 2.21. The summed E-state index contributed by atoms with van der Waals surface area (Å²) >= 11 is 0. The summed E-state index contributed by atoms with van der Waals surface area (Å²) < 4.78 is 5.43. The number of benzene rings is 1. The fraction of sp³-hybridized carbons (Fsp3) is 0.200. The summed E-state index contributed by atoms with van der Waals surface area (Å²) in [5.41, 5.74) is 8.57. The summed E-state index contributed by atoms with van der Waals surface area (Å²) in [5.74, 6) is 1.57. The zero-order chi connectivity index (χ0) is 30.8.